The molecule has 29 heavy (non-hydrogen) atoms. The quantitative estimate of drug-likeness (QED) is 0.241. The molecule has 7 nitrogen and oxygen atoms in total. The Morgan fingerprint density at radius 2 is 1.90 bits per heavy atom. The number of nitrogens with one attached hydrogen (secondary N) is 1. The van der Waals surface area contributed by atoms with E-state index in [-0.39, 0.29) is 0 Å². The highest BCUT2D eigenvalue weighted by Gasteiger charge is 2.09. The monoisotopic (exact) mass is 409 g/mol. The predicted molar refractivity (Wildman–Crippen MR) is 122 cm³/mol. The predicted octanol–water partition coefficient (Wildman–Crippen LogP) is 3.88. The summed E-state index contributed by atoms with van der Waals surface area (Å²) in [6, 6.07) is 16.6. The second-order valence-corrected chi connectivity index (χ2v) is 7.53. The number of rotatable bonds is 9. The van der Waals surface area contributed by atoms with Crippen LogP contribution in [0.5, 0.6) is 0 Å². The fraction of sp³-hybridized carbons (Fsp3) is 0.286. The van der Waals surface area contributed by atoms with Crippen molar-refractivity contribution in [3.63, 3.8) is 0 Å². The molecule has 0 unspecified atom stereocenters. The molecule has 0 atom stereocenters. The second kappa shape index (κ2) is 9.97. The zero-order valence-electron chi connectivity index (χ0n) is 17.0. The highest BCUT2D eigenvalue weighted by atomic mass is 32.2. The Balaban J connectivity index is 1.57. The number of hydrogen-bond acceptors (Lipinski definition) is 7. The molecule has 8 heteroatoms. The van der Waals surface area contributed by atoms with Crippen molar-refractivity contribution in [3.05, 3.63) is 65.2 Å². The Hall–Kier alpha value is -3.00. The van der Waals surface area contributed by atoms with Crippen molar-refractivity contribution in [2.45, 2.75) is 31.7 Å². The lowest BCUT2D eigenvalue weighted by molar-refractivity contribution is 0.847. The molecule has 0 bridgehead atoms. The van der Waals surface area contributed by atoms with Gasteiger partial charge in [-0.1, -0.05) is 53.7 Å². The van der Waals surface area contributed by atoms with Gasteiger partial charge in [0.2, 0.25) is 5.16 Å². The molecule has 0 saturated heterocycles. The van der Waals surface area contributed by atoms with Crippen LogP contribution < -0.4 is 16.2 Å². The minimum atomic E-state index is 0.396. The molecule has 3 rings (SSSR count). The highest BCUT2D eigenvalue weighted by Crippen LogP contribution is 2.22. The molecule has 2 aromatic carbocycles. The number of nitrogens with zero attached hydrogens (tertiary/aromatic N) is 5. The van der Waals surface area contributed by atoms with Gasteiger partial charge in [-0.05, 0) is 44.0 Å². The summed E-state index contributed by atoms with van der Waals surface area (Å²) < 4.78 is 1.42. The summed E-state index contributed by atoms with van der Waals surface area (Å²) in [4.78, 5) is 2.30. The maximum Gasteiger partial charge on any atom is 0.264 e. The fourth-order valence-corrected chi connectivity index (χ4v) is 3.73. The van der Waals surface area contributed by atoms with E-state index >= 15 is 0 Å². The van der Waals surface area contributed by atoms with Gasteiger partial charge in [0.15, 0.2) is 0 Å². The molecular formula is C21H27N7S. The van der Waals surface area contributed by atoms with E-state index < -0.39 is 0 Å². The van der Waals surface area contributed by atoms with Crippen molar-refractivity contribution >= 4 is 29.6 Å². The smallest absolute Gasteiger partial charge is 0.264 e. The Labute approximate surface area is 176 Å². The molecular weight excluding hydrogens is 382 g/mol. The lowest BCUT2D eigenvalue weighted by Gasteiger charge is -2.20. The van der Waals surface area contributed by atoms with E-state index in [4.69, 9.17) is 5.84 Å². The van der Waals surface area contributed by atoms with Crippen LogP contribution in [0.4, 0.5) is 11.6 Å². The first-order valence-corrected chi connectivity index (χ1v) is 10.6. The SMILES string of the molecule is CCN(CC)c1ccc(/C=N/Nc2nnc(SCc3cccc(C)c3)n2N)cc1. The molecule has 0 radical (unpaired) electrons. The summed E-state index contributed by atoms with van der Waals surface area (Å²) in [5, 5.41) is 13.1. The molecule has 1 aromatic heterocycles. The maximum absolute atomic E-state index is 6.09. The highest BCUT2D eigenvalue weighted by molar-refractivity contribution is 7.98. The number of benzene rings is 2. The van der Waals surface area contributed by atoms with Gasteiger partial charge in [0.05, 0.1) is 6.21 Å². The second-order valence-electron chi connectivity index (χ2n) is 6.59. The molecule has 1 heterocycles. The van der Waals surface area contributed by atoms with Gasteiger partial charge in [0, 0.05) is 24.5 Å². The first kappa shape index (κ1) is 20.7. The van der Waals surface area contributed by atoms with E-state index in [2.05, 4.69) is 82.8 Å². The third kappa shape index (κ3) is 5.51. The summed E-state index contributed by atoms with van der Waals surface area (Å²) in [5.74, 6) is 7.26. The molecule has 0 aliphatic heterocycles. The summed E-state index contributed by atoms with van der Waals surface area (Å²) >= 11 is 1.54. The minimum Gasteiger partial charge on any atom is -0.372 e. The standard InChI is InChI=1S/C21H27N7S/c1-4-27(5-2)19-11-9-17(10-12-19)14-23-24-20-25-26-21(28(20)22)29-15-18-8-6-7-16(3)13-18/h6-14H,4-5,15,22H2,1-3H3,(H,24,25)/b23-14+. The van der Waals surface area contributed by atoms with Crippen molar-refractivity contribution < 1.29 is 0 Å². The number of nitrogens with two attached hydrogens (primary N) is 1. The van der Waals surface area contributed by atoms with Crippen LogP contribution in [0.1, 0.15) is 30.5 Å². The van der Waals surface area contributed by atoms with Crippen molar-refractivity contribution in [2.24, 2.45) is 5.10 Å². The first-order chi connectivity index (χ1) is 14.1. The van der Waals surface area contributed by atoms with Crippen LogP contribution in [0.3, 0.4) is 0 Å². The minimum absolute atomic E-state index is 0.396. The number of aromatic nitrogens is 3. The van der Waals surface area contributed by atoms with Gasteiger partial charge in [-0.3, -0.25) is 0 Å². The van der Waals surface area contributed by atoms with Crippen molar-refractivity contribution in [1.82, 2.24) is 14.9 Å². The van der Waals surface area contributed by atoms with Gasteiger partial charge < -0.3 is 10.7 Å². The Morgan fingerprint density at radius 3 is 2.59 bits per heavy atom. The van der Waals surface area contributed by atoms with E-state index in [1.807, 2.05) is 12.1 Å². The van der Waals surface area contributed by atoms with Crippen LogP contribution in [0.25, 0.3) is 0 Å². The number of aryl methyl sites for hydroxylation is 1. The lowest BCUT2D eigenvalue weighted by Crippen LogP contribution is -2.21. The zero-order chi connectivity index (χ0) is 20.6. The van der Waals surface area contributed by atoms with Crippen molar-refractivity contribution in [1.29, 1.82) is 0 Å². The van der Waals surface area contributed by atoms with Gasteiger partial charge in [-0.25, -0.2) is 10.1 Å². The molecule has 0 saturated carbocycles. The molecule has 3 aromatic rings. The number of hydrazone groups is 1. The number of thioether (sulfide) groups is 1. The van der Waals surface area contributed by atoms with Crippen LogP contribution in [-0.2, 0) is 5.75 Å². The van der Waals surface area contributed by atoms with Crippen molar-refractivity contribution in [2.75, 3.05) is 29.3 Å². The van der Waals surface area contributed by atoms with Gasteiger partial charge >= 0.3 is 0 Å². The van der Waals surface area contributed by atoms with Crippen LogP contribution in [0.15, 0.2) is 58.8 Å². The average molecular weight is 410 g/mol. The van der Waals surface area contributed by atoms with E-state index in [0.717, 1.165) is 24.4 Å². The summed E-state index contributed by atoms with van der Waals surface area (Å²) in [7, 11) is 0. The van der Waals surface area contributed by atoms with Gasteiger partial charge in [0.1, 0.15) is 0 Å². The normalized spacial score (nSPS) is 11.1. The van der Waals surface area contributed by atoms with Crippen LogP contribution in [0.2, 0.25) is 0 Å². The Morgan fingerprint density at radius 1 is 1.14 bits per heavy atom. The Kier molecular flexibility index (Phi) is 7.13. The van der Waals surface area contributed by atoms with Crippen molar-refractivity contribution in [3.8, 4) is 0 Å². The molecule has 0 aliphatic rings. The summed E-state index contributed by atoms with van der Waals surface area (Å²) in [6.45, 7) is 8.36. The van der Waals surface area contributed by atoms with E-state index in [1.165, 1.54) is 33.3 Å². The number of anilines is 2. The topological polar surface area (TPSA) is 84.4 Å². The fourth-order valence-electron chi connectivity index (χ4n) is 2.93. The van der Waals surface area contributed by atoms with E-state index in [0.29, 0.717) is 11.1 Å². The Bertz CT molecular complexity index is 946. The van der Waals surface area contributed by atoms with Crippen LogP contribution in [0, 0.1) is 6.92 Å². The van der Waals surface area contributed by atoms with E-state index in [9.17, 15) is 0 Å². The van der Waals surface area contributed by atoms with Gasteiger partial charge in [-0.15, -0.1) is 10.2 Å². The molecule has 0 aliphatic carbocycles. The van der Waals surface area contributed by atoms with Crippen LogP contribution in [-0.4, -0.2) is 34.2 Å². The summed E-state index contributed by atoms with van der Waals surface area (Å²) in [5.41, 5.74) is 7.51. The number of hydrogen-bond donors (Lipinski definition) is 2. The molecule has 0 amide bonds. The van der Waals surface area contributed by atoms with Gasteiger partial charge in [-0.2, -0.15) is 5.10 Å². The third-order valence-corrected chi connectivity index (χ3v) is 5.53. The van der Waals surface area contributed by atoms with Gasteiger partial charge in [0.25, 0.3) is 5.95 Å². The lowest BCUT2D eigenvalue weighted by atomic mass is 10.2. The van der Waals surface area contributed by atoms with E-state index in [1.54, 1.807) is 6.21 Å². The molecule has 0 fully saturated rings. The summed E-state index contributed by atoms with van der Waals surface area (Å²) in [6.07, 6.45) is 1.74. The molecule has 3 N–H and O–H groups in total. The first-order valence-electron chi connectivity index (χ1n) is 9.63. The third-order valence-electron chi connectivity index (χ3n) is 4.51. The molecule has 152 valence electrons. The molecule has 0 spiro atoms. The number of nitrogen functional groups attached to an aromatic ring is 1. The average Bonchev–Trinajstić information content (AvgIpc) is 3.08. The largest absolute Gasteiger partial charge is 0.372 e. The van der Waals surface area contributed by atoms with Crippen LogP contribution >= 0.6 is 11.8 Å². The zero-order valence-corrected chi connectivity index (χ0v) is 17.9. The maximum atomic E-state index is 6.09.